The number of aliphatic hydroxyl groups excluding tert-OH is 1. The van der Waals surface area contributed by atoms with Gasteiger partial charge in [0.15, 0.2) is 0 Å². The van der Waals surface area contributed by atoms with Gasteiger partial charge in [0, 0.05) is 24.5 Å². The van der Waals surface area contributed by atoms with Crippen molar-refractivity contribution in [3.63, 3.8) is 0 Å². The highest BCUT2D eigenvalue weighted by atomic mass is 16.3. The van der Waals surface area contributed by atoms with Crippen LogP contribution >= 0.6 is 0 Å². The summed E-state index contributed by atoms with van der Waals surface area (Å²) in [6.45, 7) is 3.17. The molecule has 0 spiro atoms. The van der Waals surface area contributed by atoms with Crippen molar-refractivity contribution in [3.8, 4) is 0 Å². The van der Waals surface area contributed by atoms with E-state index in [4.69, 9.17) is 0 Å². The van der Waals surface area contributed by atoms with Crippen molar-refractivity contribution in [1.82, 2.24) is 4.98 Å². The minimum atomic E-state index is 0.0314. The summed E-state index contributed by atoms with van der Waals surface area (Å²) in [5, 5.41) is 10.6. The molecule has 0 fully saturated rings. The summed E-state index contributed by atoms with van der Waals surface area (Å²) in [7, 11) is 2.03. The monoisotopic (exact) mass is 244 g/mol. The Morgan fingerprint density at radius 1 is 1.28 bits per heavy atom. The van der Waals surface area contributed by atoms with Crippen LogP contribution in [0.3, 0.4) is 0 Å². The van der Waals surface area contributed by atoms with Crippen LogP contribution in [0.15, 0.2) is 30.3 Å². The third-order valence-corrected chi connectivity index (χ3v) is 3.16. The van der Waals surface area contributed by atoms with Crippen molar-refractivity contribution in [1.29, 1.82) is 0 Å². The maximum absolute atomic E-state index is 9.49. The molecule has 2 aromatic rings. The van der Waals surface area contributed by atoms with E-state index in [1.54, 1.807) is 0 Å². The summed E-state index contributed by atoms with van der Waals surface area (Å²) in [6.07, 6.45) is 2.29. The number of fused-ring (bicyclic) bond motifs is 1. The van der Waals surface area contributed by atoms with Gasteiger partial charge in [-0.25, -0.2) is 4.98 Å². The number of unbranched alkanes of at least 4 members (excludes halogenated alkanes) is 1. The Bertz CT molecular complexity index is 525. The zero-order valence-corrected chi connectivity index (χ0v) is 11.1. The predicted molar refractivity (Wildman–Crippen MR) is 75.8 cm³/mol. The minimum Gasteiger partial charge on any atom is -0.392 e. The normalized spacial score (nSPS) is 10.8. The fourth-order valence-electron chi connectivity index (χ4n) is 2.10. The van der Waals surface area contributed by atoms with Crippen LogP contribution in [0.2, 0.25) is 0 Å². The lowest BCUT2D eigenvalue weighted by molar-refractivity contribution is 0.282. The largest absolute Gasteiger partial charge is 0.392 e. The molecule has 0 radical (unpaired) electrons. The fourth-order valence-corrected chi connectivity index (χ4v) is 2.10. The zero-order chi connectivity index (χ0) is 13.0. The molecule has 0 saturated heterocycles. The molecule has 1 N–H and O–H groups in total. The van der Waals surface area contributed by atoms with E-state index in [-0.39, 0.29) is 6.61 Å². The number of pyridine rings is 1. The molecule has 0 amide bonds. The van der Waals surface area contributed by atoms with Crippen molar-refractivity contribution in [2.24, 2.45) is 0 Å². The van der Waals surface area contributed by atoms with Gasteiger partial charge in [-0.1, -0.05) is 31.5 Å². The number of hydrogen-bond acceptors (Lipinski definition) is 3. The molecule has 0 unspecified atom stereocenters. The number of rotatable bonds is 5. The molecule has 0 atom stereocenters. The number of para-hydroxylation sites is 1. The lowest BCUT2D eigenvalue weighted by atomic mass is 10.1. The molecule has 0 aliphatic rings. The van der Waals surface area contributed by atoms with Crippen LogP contribution in [-0.4, -0.2) is 23.7 Å². The number of benzene rings is 1. The Morgan fingerprint density at radius 2 is 2.06 bits per heavy atom. The van der Waals surface area contributed by atoms with Crippen molar-refractivity contribution < 1.29 is 5.11 Å². The molecule has 18 heavy (non-hydrogen) atoms. The fraction of sp³-hybridized carbons (Fsp3) is 0.400. The lowest BCUT2D eigenvalue weighted by Gasteiger charge is -2.21. The predicted octanol–water partition coefficient (Wildman–Crippen LogP) is 2.96. The van der Waals surface area contributed by atoms with Gasteiger partial charge >= 0.3 is 0 Å². The Balaban J connectivity index is 2.41. The second kappa shape index (κ2) is 5.83. The summed E-state index contributed by atoms with van der Waals surface area (Å²) in [6, 6.07) is 10.0. The topological polar surface area (TPSA) is 36.4 Å². The van der Waals surface area contributed by atoms with Gasteiger partial charge in [-0.2, -0.15) is 0 Å². The first-order valence-corrected chi connectivity index (χ1v) is 6.47. The Labute approximate surface area is 108 Å². The first-order chi connectivity index (χ1) is 8.76. The van der Waals surface area contributed by atoms with Crippen LogP contribution < -0.4 is 4.90 Å². The molecule has 96 valence electrons. The summed E-state index contributed by atoms with van der Waals surface area (Å²) in [5.74, 6) is 0.893. The molecule has 3 nitrogen and oxygen atoms in total. The first kappa shape index (κ1) is 12.8. The number of anilines is 1. The van der Waals surface area contributed by atoms with E-state index in [2.05, 4.69) is 16.8 Å². The number of nitrogens with zero attached hydrogens (tertiary/aromatic N) is 2. The number of aliphatic hydroxyl groups is 1. The Morgan fingerprint density at radius 3 is 2.78 bits per heavy atom. The van der Waals surface area contributed by atoms with E-state index < -0.39 is 0 Å². The van der Waals surface area contributed by atoms with Crippen LogP contribution in [0.25, 0.3) is 10.9 Å². The smallest absolute Gasteiger partial charge is 0.134 e. The van der Waals surface area contributed by atoms with Crippen LogP contribution in [-0.2, 0) is 6.61 Å². The molecule has 0 bridgehead atoms. The molecule has 0 aliphatic carbocycles. The average Bonchev–Trinajstić information content (AvgIpc) is 2.43. The molecule has 1 aromatic heterocycles. The minimum absolute atomic E-state index is 0.0314. The van der Waals surface area contributed by atoms with Crippen LogP contribution in [0.4, 0.5) is 5.82 Å². The molecule has 3 heteroatoms. The van der Waals surface area contributed by atoms with Gasteiger partial charge < -0.3 is 10.0 Å². The maximum Gasteiger partial charge on any atom is 0.134 e. The van der Waals surface area contributed by atoms with Crippen LogP contribution in [0.1, 0.15) is 25.3 Å². The third-order valence-electron chi connectivity index (χ3n) is 3.16. The SMILES string of the molecule is CCCCN(C)c1nc2ccccc2cc1CO. The van der Waals surface area contributed by atoms with Gasteiger partial charge in [0.2, 0.25) is 0 Å². The molecule has 0 aliphatic heterocycles. The van der Waals surface area contributed by atoms with Gasteiger partial charge in [0.05, 0.1) is 12.1 Å². The van der Waals surface area contributed by atoms with Crippen molar-refractivity contribution in [2.75, 3.05) is 18.5 Å². The standard InChI is InChI=1S/C15H20N2O/c1-3-4-9-17(2)15-13(11-18)10-12-7-5-6-8-14(12)16-15/h5-8,10,18H,3-4,9,11H2,1-2H3. The van der Waals surface area contributed by atoms with E-state index >= 15 is 0 Å². The van der Waals surface area contributed by atoms with E-state index in [0.29, 0.717) is 0 Å². The maximum atomic E-state index is 9.49. The summed E-state index contributed by atoms with van der Waals surface area (Å²) < 4.78 is 0. The van der Waals surface area contributed by atoms with E-state index in [0.717, 1.165) is 41.7 Å². The second-order valence-corrected chi connectivity index (χ2v) is 4.60. The first-order valence-electron chi connectivity index (χ1n) is 6.47. The van der Waals surface area contributed by atoms with E-state index in [1.807, 2.05) is 37.4 Å². The molecular weight excluding hydrogens is 224 g/mol. The van der Waals surface area contributed by atoms with Crippen molar-refractivity contribution >= 4 is 16.7 Å². The van der Waals surface area contributed by atoms with Gasteiger partial charge in [-0.05, 0) is 18.6 Å². The van der Waals surface area contributed by atoms with Crippen LogP contribution in [0, 0.1) is 0 Å². The highest BCUT2D eigenvalue weighted by Crippen LogP contribution is 2.23. The van der Waals surface area contributed by atoms with Crippen molar-refractivity contribution in [3.05, 3.63) is 35.9 Å². The summed E-state index contributed by atoms with van der Waals surface area (Å²) >= 11 is 0. The molecular formula is C15H20N2O. The highest BCUT2D eigenvalue weighted by molar-refractivity contribution is 5.81. The second-order valence-electron chi connectivity index (χ2n) is 4.60. The van der Waals surface area contributed by atoms with Gasteiger partial charge in [0.25, 0.3) is 0 Å². The third kappa shape index (κ3) is 2.62. The van der Waals surface area contributed by atoms with Crippen LogP contribution in [0.5, 0.6) is 0 Å². The summed E-state index contributed by atoms with van der Waals surface area (Å²) in [5.41, 5.74) is 1.88. The van der Waals surface area contributed by atoms with Gasteiger partial charge in [-0.15, -0.1) is 0 Å². The quantitative estimate of drug-likeness (QED) is 0.878. The zero-order valence-electron chi connectivity index (χ0n) is 11.1. The van der Waals surface area contributed by atoms with Crippen molar-refractivity contribution in [2.45, 2.75) is 26.4 Å². The molecule has 0 saturated carbocycles. The number of aromatic nitrogens is 1. The summed E-state index contributed by atoms with van der Waals surface area (Å²) in [4.78, 5) is 6.79. The Kier molecular flexibility index (Phi) is 4.15. The molecule has 1 aromatic carbocycles. The Hall–Kier alpha value is -1.61. The van der Waals surface area contributed by atoms with E-state index in [9.17, 15) is 5.11 Å². The highest BCUT2D eigenvalue weighted by Gasteiger charge is 2.10. The van der Waals surface area contributed by atoms with Gasteiger partial charge in [0.1, 0.15) is 5.82 Å². The van der Waals surface area contributed by atoms with Gasteiger partial charge in [-0.3, -0.25) is 0 Å². The molecule has 2 rings (SSSR count). The average molecular weight is 244 g/mol. The molecule has 1 heterocycles. The lowest BCUT2D eigenvalue weighted by Crippen LogP contribution is -2.21. The van der Waals surface area contributed by atoms with E-state index in [1.165, 1.54) is 0 Å². The number of hydrogen-bond donors (Lipinski definition) is 1.